The van der Waals surface area contributed by atoms with Gasteiger partial charge in [-0.2, -0.15) is 11.8 Å². The summed E-state index contributed by atoms with van der Waals surface area (Å²) in [6, 6.07) is 10.6. The Labute approximate surface area is 188 Å². The summed E-state index contributed by atoms with van der Waals surface area (Å²) in [6.45, 7) is 9.84. The van der Waals surface area contributed by atoms with Gasteiger partial charge in [-0.3, -0.25) is 9.59 Å². The van der Waals surface area contributed by atoms with Gasteiger partial charge in [0.05, 0.1) is 13.5 Å². The Hall–Kier alpha value is -2.67. The van der Waals surface area contributed by atoms with Crippen molar-refractivity contribution in [2.24, 2.45) is 5.41 Å². The second kappa shape index (κ2) is 10.6. The number of hydrogen-bond donors (Lipinski definition) is 2. The summed E-state index contributed by atoms with van der Waals surface area (Å²) in [5.41, 5.74) is 1.75. The summed E-state index contributed by atoms with van der Waals surface area (Å²) < 4.78 is 11.6. The monoisotopic (exact) mass is 445 g/mol. The van der Waals surface area contributed by atoms with Crippen molar-refractivity contribution < 1.29 is 24.2 Å². The van der Waals surface area contributed by atoms with Gasteiger partial charge in [0.25, 0.3) is 0 Å². The van der Waals surface area contributed by atoms with E-state index in [0.29, 0.717) is 39.5 Å². The predicted octanol–water partition coefficient (Wildman–Crippen LogP) is 5.74. The third-order valence-electron chi connectivity index (χ3n) is 4.38. The standard InChI is InChI=1S/C24H31NO5S/c1-15(2)31-14-17-13-18(25-23(28)24(3,4)5)8-10-19(17)30-21-11-16(12-22(26)27)7-9-20(21)29-6/h7-11,13,15H,12,14H2,1-6H3,(H,25,28)(H,26,27). The Morgan fingerprint density at radius 3 is 2.32 bits per heavy atom. The van der Waals surface area contributed by atoms with Gasteiger partial charge in [0.2, 0.25) is 5.91 Å². The Balaban J connectivity index is 2.38. The fraction of sp³-hybridized carbons (Fsp3) is 0.417. The molecule has 31 heavy (non-hydrogen) atoms. The molecule has 1 amide bonds. The molecule has 0 spiro atoms. The highest BCUT2D eigenvalue weighted by atomic mass is 32.2. The average molecular weight is 446 g/mol. The Morgan fingerprint density at radius 1 is 1.06 bits per heavy atom. The lowest BCUT2D eigenvalue weighted by Crippen LogP contribution is -2.27. The summed E-state index contributed by atoms with van der Waals surface area (Å²) in [5.74, 6) is 1.32. The third kappa shape index (κ3) is 7.51. The minimum atomic E-state index is -0.913. The molecule has 168 valence electrons. The summed E-state index contributed by atoms with van der Waals surface area (Å²) in [5, 5.41) is 12.5. The Bertz CT molecular complexity index is 934. The number of amides is 1. The summed E-state index contributed by atoms with van der Waals surface area (Å²) >= 11 is 1.76. The van der Waals surface area contributed by atoms with Crippen LogP contribution in [0.3, 0.4) is 0 Å². The van der Waals surface area contributed by atoms with Gasteiger partial charge < -0.3 is 19.9 Å². The molecular weight excluding hydrogens is 414 g/mol. The average Bonchev–Trinajstić information content (AvgIpc) is 2.67. The van der Waals surface area contributed by atoms with Crippen molar-refractivity contribution in [3.8, 4) is 17.2 Å². The van der Waals surface area contributed by atoms with Crippen LogP contribution in [0.1, 0.15) is 45.7 Å². The molecule has 2 aromatic carbocycles. The van der Waals surface area contributed by atoms with Gasteiger partial charge in [0.1, 0.15) is 5.75 Å². The number of anilines is 1. The molecule has 0 heterocycles. The molecule has 0 aliphatic heterocycles. The van der Waals surface area contributed by atoms with Gasteiger partial charge >= 0.3 is 5.97 Å². The van der Waals surface area contributed by atoms with Crippen LogP contribution in [0, 0.1) is 5.41 Å². The van der Waals surface area contributed by atoms with Crippen LogP contribution in [0.5, 0.6) is 17.2 Å². The van der Waals surface area contributed by atoms with E-state index in [4.69, 9.17) is 14.6 Å². The van der Waals surface area contributed by atoms with E-state index in [0.717, 1.165) is 5.56 Å². The molecule has 0 bridgehead atoms. The first-order chi connectivity index (χ1) is 14.5. The smallest absolute Gasteiger partial charge is 0.307 e. The maximum absolute atomic E-state index is 12.4. The van der Waals surface area contributed by atoms with E-state index in [1.54, 1.807) is 43.1 Å². The first kappa shape index (κ1) is 24.6. The van der Waals surface area contributed by atoms with Gasteiger partial charge in [-0.1, -0.05) is 40.7 Å². The number of carboxylic acid groups (broad SMARTS) is 1. The van der Waals surface area contributed by atoms with Crippen molar-refractivity contribution in [3.63, 3.8) is 0 Å². The van der Waals surface area contributed by atoms with Crippen LogP contribution in [0.25, 0.3) is 0 Å². The van der Waals surface area contributed by atoms with Crippen molar-refractivity contribution in [2.75, 3.05) is 12.4 Å². The van der Waals surface area contributed by atoms with Gasteiger partial charge in [-0.05, 0) is 41.1 Å². The van der Waals surface area contributed by atoms with Crippen LogP contribution in [0.15, 0.2) is 36.4 Å². The first-order valence-electron chi connectivity index (χ1n) is 10.1. The van der Waals surface area contributed by atoms with Gasteiger partial charge in [-0.15, -0.1) is 0 Å². The molecule has 0 fully saturated rings. The zero-order chi connectivity index (χ0) is 23.2. The number of nitrogens with one attached hydrogen (secondary N) is 1. The normalized spacial score (nSPS) is 11.3. The molecule has 6 nitrogen and oxygen atoms in total. The molecule has 0 aliphatic carbocycles. The van der Waals surface area contributed by atoms with E-state index in [1.807, 2.05) is 32.9 Å². The molecular formula is C24H31NO5S. The zero-order valence-electron chi connectivity index (χ0n) is 18.9. The van der Waals surface area contributed by atoms with E-state index in [-0.39, 0.29) is 12.3 Å². The molecule has 0 aliphatic rings. The maximum atomic E-state index is 12.4. The quantitative estimate of drug-likeness (QED) is 0.512. The highest BCUT2D eigenvalue weighted by molar-refractivity contribution is 7.99. The first-order valence-corrected chi connectivity index (χ1v) is 11.2. The van der Waals surface area contributed by atoms with Crippen molar-refractivity contribution in [2.45, 2.75) is 52.0 Å². The maximum Gasteiger partial charge on any atom is 0.307 e. The number of thioether (sulfide) groups is 1. The topological polar surface area (TPSA) is 84.9 Å². The van der Waals surface area contributed by atoms with E-state index in [1.165, 1.54) is 0 Å². The lowest BCUT2D eigenvalue weighted by atomic mass is 9.95. The number of carbonyl (C=O) groups excluding carboxylic acids is 1. The molecule has 2 aromatic rings. The highest BCUT2D eigenvalue weighted by Gasteiger charge is 2.22. The highest BCUT2D eigenvalue weighted by Crippen LogP contribution is 2.37. The van der Waals surface area contributed by atoms with Crippen molar-refractivity contribution >= 4 is 29.3 Å². The molecule has 2 rings (SSSR count). The summed E-state index contributed by atoms with van der Waals surface area (Å²) in [4.78, 5) is 23.5. The summed E-state index contributed by atoms with van der Waals surface area (Å²) in [6.07, 6.45) is -0.103. The Kier molecular flexibility index (Phi) is 8.39. The fourth-order valence-corrected chi connectivity index (χ4v) is 3.39. The van der Waals surface area contributed by atoms with Crippen LogP contribution in [0.2, 0.25) is 0 Å². The minimum absolute atomic E-state index is 0.0633. The van der Waals surface area contributed by atoms with Gasteiger partial charge in [0.15, 0.2) is 11.5 Å². The lowest BCUT2D eigenvalue weighted by Gasteiger charge is -2.19. The molecule has 7 heteroatoms. The molecule has 2 N–H and O–H groups in total. The largest absolute Gasteiger partial charge is 0.493 e. The molecule has 0 saturated heterocycles. The third-order valence-corrected chi connectivity index (χ3v) is 5.52. The summed E-state index contributed by atoms with van der Waals surface area (Å²) in [7, 11) is 1.54. The molecule has 0 aromatic heterocycles. The van der Waals surface area contributed by atoms with E-state index in [2.05, 4.69) is 19.2 Å². The van der Waals surface area contributed by atoms with Crippen molar-refractivity contribution in [1.29, 1.82) is 0 Å². The molecule has 0 saturated carbocycles. The number of methoxy groups -OCH3 is 1. The Morgan fingerprint density at radius 2 is 1.74 bits per heavy atom. The lowest BCUT2D eigenvalue weighted by molar-refractivity contribution is -0.136. The van der Waals surface area contributed by atoms with Crippen molar-refractivity contribution in [1.82, 2.24) is 0 Å². The number of ether oxygens (including phenoxy) is 2. The van der Waals surface area contributed by atoms with E-state index < -0.39 is 11.4 Å². The van der Waals surface area contributed by atoms with E-state index in [9.17, 15) is 9.59 Å². The van der Waals surface area contributed by atoms with Crippen LogP contribution in [-0.2, 0) is 21.8 Å². The zero-order valence-corrected chi connectivity index (χ0v) is 19.8. The van der Waals surface area contributed by atoms with Crippen LogP contribution >= 0.6 is 11.8 Å². The minimum Gasteiger partial charge on any atom is -0.493 e. The number of hydrogen-bond acceptors (Lipinski definition) is 5. The molecule has 0 radical (unpaired) electrons. The second-order valence-electron chi connectivity index (χ2n) is 8.54. The SMILES string of the molecule is COc1ccc(CC(=O)O)cc1Oc1ccc(NC(=O)C(C)(C)C)cc1CSC(C)C. The van der Waals surface area contributed by atoms with Crippen molar-refractivity contribution in [3.05, 3.63) is 47.5 Å². The van der Waals surface area contributed by atoms with Crippen LogP contribution in [0.4, 0.5) is 5.69 Å². The molecule has 0 atom stereocenters. The van der Waals surface area contributed by atoms with E-state index >= 15 is 0 Å². The second-order valence-corrected chi connectivity index (χ2v) is 10.1. The van der Waals surface area contributed by atoms with Gasteiger partial charge in [0, 0.05) is 22.4 Å². The van der Waals surface area contributed by atoms with Gasteiger partial charge in [-0.25, -0.2) is 0 Å². The number of rotatable bonds is 9. The number of aliphatic carboxylic acids is 1. The van der Waals surface area contributed by atoms with Crippen LogP contribution in [-0.4, -0.2) is 29.3 Å². The number of carbonyl (C=O) groups is 2. The number of benzene rings is 2. The predicted molar refractivity (Wildman–Crippen MR) is 125 cm³/mol. The fourth-order valence-electron chi connectivity index (χ4n) is 2.65. The molecule has 0 unspecified atom stereocenters. The van der Waals surface area contributed by atoms with Crippen LogP contribution < -0.4 is 14.8 Å². The number of carboxylic acids is 1.